The van der Waals surface area contributed by atoms with Gasteiger partial charge in [-0.3, -0.25) is 9.59 Å². The Kier molecular flexibility index (Phi) is 5.39. The van der Waals surface area contributed by atoms with Crippen LogP contribution >= 0.6 is 0 Å². The van der Waals surface area contributed by atoms with E-state index in [0.717, 1.165) is 16.8 Å². The van der Waals surface area contributed by atoms with Crippen LogP contribution in [0.15, 0.2) is 48.5 Å². The number of carbonyl (C=O) groups is 2. The van der Waals surface area contributed by atoms with Gasteiger partial charge in [-0.1, -0.05) is 37.3 Å². The van der Waals surface area contributed by atoms with E-state index >= 15 is 0 Å². The number of aromatic nitrogens is 1. The lowest BCUT2D eigenvalue weighted by atomic mass is 10.1. The molecule has 7 nitrogen and oxygen atoms in total. The molecule has 1 atom stereocenters. The Morgan fingerprint density at radius 2 is 1.79 bits per heavy atom. The van der Waals surface area contributed by atoms with Crippen molar-refractivity contribution in [3.63, 3.8) is 0 Å². The first kappa shape index (κ1) is 19.1. The highest BCUT2D eigenvalue weighted by atomic mass is 19.1. The second kappa shape index (κ2) is 7.91. The molecule has 0 saturated carbocycles. The summed E-state index contributed by atoms with van der Waals surface area (Å²) in [7, 11) is 0. The van der Waals surface area contributed by atoms with Crippen molar-refractivity contribution in [1.29, 1.82) is 0 Å². The minimum Gasteiger partial charge on any atom is -0.368 e. The zero-order valence-electron chi connectivity index (χ0n) is 15.2. The highest BCUT2D eigenvalue weighted by Crippen LogP contribution is 2.26. The van der Waals surface area contributed by atoms with Gasteiger partial charge in [0.15, 0.2) is 11.6 Å². The highest BCUT2D eigenvalue weighted by Gasteiger charge is 2.20. The van der Waals surface area contributed by atoms with Gasteiger partial charge in [-0.15, -0.1) is 0 Å². The summed E-state index contributed by atoms with van der Waals surface area (Å²) < 4.78 is 14.4. The van der Waals surface area contributed by atoms with Crippen molar-refractivity contribution in [2.75, 3.05) is 10.6 Å². The fourth-order valence-corrected chi connectivity index (χ4v) is 2.82. The molecule has 2 amide bonds. The molecule has 2 aromatic carbocycles. The summed E-state index contributed by atoms with van der Waals surface area (Å²) in [5.41, 5.74) is 11.2. The Hall–Kier alpha value is -3.68. The van der Waals surface area contributed by atoms with Crippen LogP contribution in [0, 0.1) is 5.82 Å². The van der Waals surface area contributed by atoms with Gasteiger partial charge in [0, 0.05) is 5.69 Å². The Labute approximate surface area is 160 Å². The Morgan fingerprint density at radius 1 is 1.07 bits per heavy atom. The van der Waals surface area contributed by atoms with E-state index in [-0.39, 0.29) is 17.2 Å². The van der Waals surface area contributed by atoms with Gasteiger partial charge < -0.3 is 22.1 Å². The molecule has 1 heterocycles. The van der Waals surface area contributed by atoms with Crippen molar-refractivity contribution < 1.29 is 14.0 Å². The minimum absolute atomic E-state index is 0.0750. The van der Waals surface area contributed by atoms with E-state index in [2.05, 4.69) is 15.6 Å². The normalized spacial score (nSPS) is 11.8. The molecule has 1 aromatic heterocycles. The maximum absolute atomic E-state index is 14.4. The van der Waals surface area contributed by atoms with Crippen molar-refractivity contribution in [3.8, 4) is 0 Å². The van der Waals surface area contributed by atoms with Crippen molar-refractivity contribution >= 4 is 39.9 Å². The lowest BCUT2D eigenvalue weighted by Crippen LogP contribution is -2.35. The molecule has 0 aliphatic rings. The topological polar surface area (TPSA) is 123 Å². The molecule has 3 aromatic rings. The molecule has 0 bridgehead atoms. The Balaban J connectivity index is 2.00. The number of nitrogens with zero attached hydrogens (tertiary/aromatic N) is 1. The van der Waals surface area contributed by atoms with Gasteiger partial charge in [0.1, 0.15) is 11.9 Å². The smallest absolute Gasteiger partial charge is 0.252 e. The predicted octanol–water partition coefficient (Wildman–Crippen LogP) is 2.89. The number of primary amides is 2. The fourth-order valence-electron chi connectivity index (χ4n) is 2.82. The standard InChI is InChI=1S/C20H20FN5O2/c1-2-16(18(23)28)25-20-15(21)10-14(17(22)27)19(26-20)24-13-8-7-11-5-3-4-6-12(11)9-13/h3-10,16H,2H2,1H3,(H2,22,27)(H2,23,28)(H2,24,25,26). The monoisotopic (exact) mass is 381 g/mol. The van der Waals surface area contributed by atoms with E-state index in [1.807, 2.05) is 42.5 Å². The van der Waals surface area contributed by atoms with E-state index in [1.165, 1.54) is 0 Å². The maximum atomic E-state index is 14.4. The summed E-state index contributed by atoms with van der Waals surface area (Å²) in [6, 6.07) is 13.5. The summed E-state index contributed by atoms with van der Waals surface area (Å²) in [5, 5.41) is 7.69. The average molecular weight is 381 g/mol. The van der Waals surface area contributed by atoms with Crippen LogP contribution in [0.5, 0.6) is 0 Å². The second-order valence-electron chi connectivity index (χ2n) is 6.27. The number of hydrogen-bond acceptors (Lipinski definition) is 5. The predicted molar refractivity (Wildman–Crippen MR) is 107 cm³/mol. The fraction of sp³-hybridized carbons (Fsp3) is 0.150. The summed E-state index contributed by atoms with van der Waals surface area (Å²) in [5.74, 6) is -2.39. The van der Waals surface area contributed by atoms with E-state index < -0.39 is 23.7 Å². The number of fused-ring (bicyclic) bond motifs is 1. The number of halogens is 1. The summed E-state index contributed by atoms with van der Waals surface area (Å²) >= 11 is 0. The first-order valence-electron chi connectivity index (χ1n) is 8.71. The van der Waals surface area contributed by atoms with Crippen molar-refractivity contribution in [2.24, 2.45) is 11.5 Å². The number of pyridine rings is 1. The SMILES string of the molecule is CCC(Nc1nc(Nc2ccc3ccccc3c2)c(C(N)=O)cc1F)C(N)=O. The molecule has 0 aliphatic carbocycles. The van der Waals surface area contributed by atoms with Gasteiger partial charge in [-0.2, -0.15) is 0 Å². The molecule has 8 heteroatoms. The zero-order chi connectivity index (χ0) is 20.3. The van der Waals surface area contributed by atoms with Crippen LogP contribution in [0.4, 0.5) is 21.7 Å². The third kappa shape index (κ3) is 4.01. The van der Waals surface area contributed by atoms with E-state index in [9.17, 15) is 14.0 Å². The molecule has 144 valence electrons. The van der Waals surface area contributed by atoms with E-state index in [4.69, 9.17) is 11.5 Å². The molecular formula is C20H20FN5O2. The second-order valence-corrected chi connectivity index (χ2v) is 6.27. The highest BCUT2D eigenvalue weighted by molar-refractivity contribution is 5.99. The number of hydrogen-bond donors (Lipinski definition) is 4. The van der Waals surface area contributed by atoms with Crippen LogP contribution < -0.4 is 22.1 Å². The molecule has 0 aliphatic heterocycles. The van der Waals surface area contributed by atoms with Gasteiger partial charge in [0.25, 0.3) is 5.91 Å². The molecule has 3 rings (SSSR count). The minimum atomic E-state index is -0.830. The summed E-state index contributed by atoms with van der Waals surface area (Å²) in [4.78, 5) is 27.3. The van der Waals surface area contributed by atoms with Gasteiger partial charge >= 0.3 is 0 Å². The number of nitrogens with one attached hydrogen (secondary N) is 2. The van der Waals surface area contributed by atoms with E-state index in [0.29, 0.717) is 12.1 Å². The molecule has 0 fully saturated rings. The third-order valence-corrected chi connectivity index (χ3v) is 4.32. The number of amides is 2. The van der Waals surface area contributed by atoms with Crippen LogP contribution in [0.25, 0.3) is 10.8 Å². The number of carbonyl (C=O) groups excluding carboxylic acids is 2. The molecule has 28 heavy (non-hydrogen) atoms. The van der Waals surface area contributed by atoms with Crippen LogP contribution in [0.1, 0.15) is 23.7 Å². The lowest BCUT2D eigenvalue weighted by molar-refractivity contribution is -0.118. The van der Waals surface area contributed by atoms with Crippen LogP contribution in [0.2, 0.25) is 0 Å². The number of benzene rings is 2. The largest absolute Gasteiger partial charge is 0.368 e. The van der Waals surface area contributed by atoms with Crippen molar-refractivity contribution in [1.82, 2.24) is 4.98 Å². The van der Waals surface area contributed by atoms with Gasteiger partial charge in [0.2, 0.25) is 5.91 Å². The Morgan fingerprint density at radius 3 is 2.43 bits per heavy atom. The molecule has 0 saturated heterocycles. The maximum Gasteiger partial charge on any atom is 0.252 e. The first-order chi connectivity index (χ1) is 13.4. The lowest BCUT2D eigenvalue weighted by Gasteiger charge is -2.17. The molecular weight excluding hydrogens is 361 g/mol. The number of rotatable bonds is 7. The summed E-state index contributed by atoms with van der Waals surface area (Å²) in [6.45, 7) is 1.73. The van der Waals surface area contributed by atoms with Crippen LogP contribution in [-0.4, -0.2) is 22.8 Å². The molecule has 6 N–H and O–H groups in total. The van der Waals surface area contributed by atoms with Crippen molar-refractivity contribution in [2.45, 2.75) is 19.4 Å². The van der Waals surface area contributed by atoms with Crippen LogP contribution in [0.3, 0.4) is 0 Å². The third-order valence-electron chi connectivity index (χ3n) is 4.32. The van der Waals surface area contributed by atoms with Gasteiger partial charge in [-0.25, -0.2) is 9.37 Å². The molecule has 1 unspecified atom stereocenters. The first-order valence-corrected chi connectivity index (χ1v) is 8.71. The average Bonchev–Trinajstić information content (AvgIpc) is 2.67. The van der Waals surface area contributed by atoms with Gasteiger partial charge in [0.05, 0.1) is 5.56 Å². The molecule has 0 spiro atoms. The zero-order valence-corrected chi connectivity index (χ0v) is 15.2. The van der Waals surface area contributed by atoms with Gasteiger partial charge in [-0.05, 0) is 35.4 Å². The Bertz CT molecular complexity index is 1050. The molecule has 0 radical (unpaired) electrons. The summed E-state index contributed by atoms with van der Waals surface area (Å²) in [6.07, 6.45) is 0.349. The quantitative estimate of drug-likeness (QED) is 0.501. The number of nitrogens with two attached hydrogens (primary N) is 2. The van der Waals surface area contributed by atoms with E-state index in [1.54, 1.807) is 6.92 Å². The van der Waals surface area contributed by atoms with Crippen molar-refractivity contribution in [3.05, 3.63) is 59.9 Å². The van der Waals surface area contributed by atoms with Crippen LogP contribution in [-0.2, 0) is 4.79 Å². The number of anilines is 3.